The van der Waals surface area contributed by atoms with Gasteiger partial charge in [-0.2, -0.15) is 0 Å². The topological polar surface area (TPSA) is 151 Å². The molecule has 1 unspecified atom stereocenters. The zero-order valence-electron chi connectivity index (χ0n) is 66.9. The largest absolute Gasteiger partial charge is 0.505 e. The minimum atomic E-state index is -1.65. The Morgan fingerprint density at radius 3 is 1.00 bits per heavy atom. The Morgan fingerprint density at radius 2 is 0.669 bits per heavy atom. The first-order valence-electron chi connectivity index (χ1n) is 39.3. The number of hydrogen-bond donors (Lipinski definition) is 4. The van der Waals surface area contributed by atoms with Gasteiger partial charge in [-0.15, -0.1) is 0 Å². The van der Waals surface area contributed by atoms with Gasteiger partial charge < -0.3 is 62.4 Å². The van der Waals surface area contributed by atoms with E-state index in [2.05, 4.69) is 164 Å². The van der Waals surface area contributed by atoms with Crippen LogP contribution in [-0.4, -0.2) is 80.4 Å². The number of halogens is 6. The Morgan fingerprint density at radius 1 is 0.356 bits per heavy atom. The Balaban J connectivity index is 0.000000168. The van der Waals surface area contributed by atoms with Crippen molar-refractivity contribution in [2.45, 2.75) is 101 Å². The van der Waals surface area contributed by atoms with Gasteiger partial charge in [0.1, 0.15) is 63.5 Å². The summed E-state index contributed by atoms with van der Waals surface area (Å²) in [7, 11) is -1.65. The molecule has 13 aromatic carbocycles. The lowest BCUT2D eigenvalue weighted by Crippen LogP contribution is -2.35. The molecular formula is C98H88BF4I2N3O10. The molecule has 1 fully saturated rings. The van der Waals surface area contributed by atoms with Crippen LogP contribution < -0.4 is 29.1 Å². The maximum atomic E-state index is 15.1. The van der Waals surface area contributed by atoms with Crippen molar-refractivity contribution in [1.82, 2.24) is 13.7 Å². The molecule has 3 aromatic heterocycles. The summed E-state index contributed by atoms with van der Waals surface area (Å²) in [6.45, 7) is 20.3. The van der Waals surface area contributed by atoms with Gasteiger partial charge in [0.15, 0.2) is 6.29 Å². The van der Waals surface area contributed by atoms with Crippen LogP contribution in [0.15, 0.2) is 218 Å². The van der Waals surface area contributed by atoms with E-state index in [1.807, 2.05) is 96.3 Å². The second-order valence-corrected chi connectivity index (χ2v) is 32.8. The predicted molar refractivity (Wildman–Crippen MR) is 483 cm³/mol. The number of benzene rings is 13. The van der Waals surface area contributed by atoms with Crippen LogP contribution in [0.2, 0.25) is 0 Å². The summed E-state index contributed by atoms with van der Waals surface area (Å²) in [5.41, 5.74) is 19.6. The number of phenols is 2. The van der Waals surface area contributed by atoms with Gasteiger partial charge in [-0.05, 0) is 313 Å². The molecule has 0 spiro atoms. The number of aromatic hydroxyl groups is 2. The molecule has 0 saturated carbocycles. The molecule has 13 nitrogen and oxygen atoms in total. The maximum Gasteiger partial charge on any atom is 0.492 e. The molecule has 0 radical (unpaired) electrons. The molecule has 0 aliphatic carbocycles. The van der Waals surface area contributed by atoms with Crippen LogP contribution in [-0.2, 0) is 4.74 Å². The standard InChI is InChI=1S/C57H48F2N2O4.C26H28BNO4.C15H12F2I2O2/c1-32-8-14-48-40(22-32)41-23-33(2)9-15-49(41)60(48)52-28-36(5)26-46(56(52)62)44-30-38(58)12-18-54(44)64-20-7-21-65-55-19-13-39(59)31-45(55)47-27-37(6)29-53(57(47)63)61-50-16-10-34(3)24-42(50)43-25-35(4)11-17-51(43)61;1-16-7-9-22-19(12-16)20-13-17(2)8-10-23(20)28(22)24-15-18(3)14-21(27(29)30)26(24)32-25-6-4-5-11-31-25;16-10-2-4-14(12(18)8-10)20-6-1-7-21-15-5-3-11(17)9-13(15)19/h8-19,22-31,62-63H,7,20-21H2,1-6H3;7-10,12-15,25,29-30H,4-6,11H2,1-3H3;2-5,8-9H,1,6-7H2. The lowest BCUT2D eigenvalue weighted by molar-refractivity contribution is -0.105. The van der Waals surface area contributed by atoms with E-state index < -0.39 is 25.0 Å². The molecule has 0 amide bonds. The van der Waals surface area contributed by atoms with E-state index in [1.54, 1.807) is 30.3 Å². The highest BCUT2D eigenvalue weighted by Crippen LogP contribution is 2.47. The van der Waals surface area contributed by atoms with Gasteiger partial charge in [0.2, 0.25) is 0 Å². The van der Waals surface area contributed by atoms with Crippen molar-refractivity contribution in [2.24, 2.45) is 0 Å². The van der Waals surface area contributed by atoms with Crippen LogP contribution in [0.1, 0.15) is 82.2 Å². The second kappa shape index (κ2) is 35.3. The van der Waals surface area contributed by atoms with Gasteiger partial charge in [-0.1, -0.05) is 75.8 Å². The van der Waals surface area contributed by atoms with Crippen molar-refractivity contribution in [1.29, 1.82) is 0 Å². The summed E-state index contributed by atoms with van der Waals surface area (Å²) in [6, 6.07) is 66.9. The second-order valence-electron chi connectivity index (χ2n) is 30.5. The molecule has 0 bridgehead atoms. The van der Waals surface area contributed by atoms with Gasteiger partial charge in [-0.3, -0.25) is 0 Å². The van der Waals surface area contributed by atoms with Crippen molar-refractivity contribution < 1.29 is 66.2 Å². The monoisotopic (exact) mass is 1810 g/mol. The Labute approximate surface area is 710 Å². The van der Waals surface area contributed by atoms with Gasteiger partial charge in [0, 0.05) is 79.3 Å². The Kier molecular flexibility index (Phi) is 24.5. The van der Waals surface area contributed by atoms with E-state index in [9.17, 15) is 29.0 Å². The van der Waals surface area contributed by atoms with Gasteiger partial charge >= 0.3 is 7.12 Å². The molecule has 1 saturated heterocycles. The summed E-state index contributed by atoms with van der Waals surface area (Å²) < 4.78 is 99.8. The summed E-state index contributed by atoms with van der Waals surface area (Å²) in [6.07, 6.45) is 3.52. The molecule has 4 heterocycles. The highest BCUT2D eigenvalue weighted by molar-refractivity contribution is 14.1. The number of fused-ring (bicyclic) bond motifs is 9. The third-order valence-corrected chi connectivity index (χ3v) is 22.9. The van der Waals surface area contributed by atoms with Crippen LogP contribution in [0.4, 0.5) is 17.6 Å². The highest BCUT2D eigenvalue weighted by Gasteiger charge is 2.29. The zero-order valence-corrected chi connectivity index (χ0v) is 71.2. The number of ether oxygens (including phenoxy) is 6. The minimum absolute atomic E-state index is 0.00377. The quantitative estimate of drug-likeness (QED) is 0.0251. The fraction of sp³-hybridized carbons (Fsp3) is 0.204. The minimum Gasteiger partial charge on any atom is -0.505 e. The average molecular weight is 1810 g/mol. The van der Waals surface area contributed by atoms with Crippen LogP contribution in [0, 0.1) is 92.7 Å². The van der Waals surface area contributed by atoms with E-state index >= 15 is 8.78 Å². The molecule has 600 valence electrons. The van der Waals surface area contributed by atoms with Gasteiger partial charge in [0.05, 0.1) is 90.3 Å². The van der Waals surface area contributed by atoms with Crippen LogP contribution in [0.5, 0.6) is 40.2 Å². The summed E-state index contributed by atoms with van der Waals surface area (Å²) >= 11 is 4.06. The van der Waals surface area contributed by atoms with Crippen LogP contribution in [0.3, 0.4) is 0 Å². The van der Waals surface area contributed by atoms with Crippen LogP contribution >= 0.6 is 45.2 Å². The van der Waals surface area contributed by atoms with E-state index in [0.717, 1.165) is 136 Å². The first-order chi connectivity index (χ1) is 56.8. The molecule has 16 aromatic rings. The number of nitrogens with zero attached hydrogens (tertiary/aromatic N) is 3. The fourth-order valence-electron chi connectivity index (χ4n) is 15.7. The third kappa shape index (κ3) is 17.5. The number of hydrogen-bond acceptors (Lipinski definition) is 10. The van der Waals surface area contributed by atoms with Crippen molar-refractivity contribution >= 4 is 123 Å². The SMILES string of the molecule is Cc1cc(-c2cc(F)ccc2OCCCOc2ccc(F)cc2-c2cc(C)cc(-n3c4ccc(C)cc4c4cc(C)ccc43)c2O)c(O)c(-n2c3ccc(C)cc3c3cc(C)ccc32)c1.Cc1cc(B(O)O)c(OC2CCCCO2)c(-n2c3ccc(C)cc3c3cc(C)ccc32)c1.Fc1ccc(OCCCOc2ccc(F)cc2I)c(I)c1. The van der Waals surface area contributed by atoms with Gasteiger partial charge in [0.25, 0.3) is 0 Å². The predicted octanol–water partition coefficient (Wildman–Crippen LogP) is 23.9. The smallest absolute Gasteiger partial charge is 0.492 e. The molecule has 1 aliphatic heterocycles. The van der Waals surface area contributed by atoms with Crippen molar-refractivity contribution in [3.05, 3.63) is 299 Å². The Bertz CT molecular complexity index is 6070. The summed E-state index contributed by atoms with van der Waals surface area (Å²) in [5, 5.41) is 51.3. The number of aromatic nitrogens is 3. The van der Waals surface area contributed by atoms with Crippen LogP contribution in [0.25, 0.3) is 105 Å². The Hall–Kier alpha value is -11.0. The molecule has 1 aliphatic rings. The van der Waals surface area contributed by atoms with E-state index in [-0.39, 0.29) is 36.3 Å². The van der Waals surface area contributed by atoms with E-state index in [1.165, 1.54) is 59.7 Å². The zero-order chi connectivity index (χ0) is 82.9. The molecule has 17 rings (SSSR count). The molecule has 4 N–H and O–H groups in total. The first kappa shape index (κ1) is 82.1. The summed E-state index contributed by atoms with van der Waals surface area (Å²) in [5.74, 6) is 1.12. The molecule has 1 atom stereocenters. The normalized spacial score (nSPS) is 12.8. The van der Waals surface area contributed by atoms with Crippen molar-refractivity contribution in [3.8, 4) is 79.6 Å². The van der Waals surface area contributed by atoms with E-state index in [0.29, 0.717) is 101 Å². The van der Waals surface area contributed by atoms with E-state index in [4.69, 9.17) is 28.4 Å². The number of phenolic OH excluding ortho intramolecular Hbond substituents is 2. The fourth-order valence-corrected chi connectivity index (χ4v) is 17.0. The summed E-state index contributed by atoms with van der Waals surface area (Å²) in [4.78, 5) is 0. The first-order valence-corrected chi connectivity index (χ1v) is 41.5. The van der Waals surface area contributed by atoms with Crippen molar-refractivity contribution in [2.75, 3.05) is 33.0 Å². The lowest BCUT2D eigenvalue weighted by atomic mass is 9.78. The number of aryl methyl sites for hydroxylation is 9. The average Bonchev–Trinajstić information content (AvgIpc) is 1.59. The maximum absolute atomic E-state index is 15.1. The molecule has 118 heavy (non-hydrogen) atoms. The molecular weight excluding hydrogens is 1720 g/mol. The highest BCUT2D eigenvalue weighted by atomic mass is 127. The third-order valence-electron chi connectivity index (χ3n) is 21.2. The van der Waals surface area contributed by atoms with Crippen molar-refractivity contribution in [3.63, 3.8) is 0 Å². The lowest BCUT2D eigenvalue weighted by Gasteiger charge is -2.27. The molecule has 20 heteroatoms. The number of rotatable bonds is 20. The van der Waals surface area contributed by atoms with Gasteiger partial charge in [-0.25, -0.2) is 17.6 Å².